The summed E-state index contributed by atoms with van der Waals surface area (Å²) in [5, 5.41) is 0. The fourth-order valence-corrected chi connectivity index (χ4v) is 1.56. The highest BCUT2D eigenvalue weighted by Gasteiger charge is 2.26. The van der Waals surface area contributed by atoms with Crippen molar-refractivity contribution in [3.8, 4) is 0 Å². The van der Waals surface area contributed by atoms with Crippen molar-refractivity contribution in [3.05, 3.63) is 30.6 Å². The topological polar surface area (TPSA) is 17.8 Å². The third kappa shape index (κ3) is 2.53. The Morgan fingerprint density at radius 2 is 2.00 bits per heavy atom. The van der Waals surface area contributed by atoms with E-state index in [1.54, 1.807) is 4.57 Å². The van der Waals surface area contributed by atoms with Gasteiger partial charge in [0.2, 0.25) is 0 Å². The molecular weight excluding hydrogens is 217 g/mol. The lowest BCUT2D eigenvalue weighted by Gasteiger charge is -2.06. The van der Waals surface area contributed by atoms with E-state index in [1.807, 2.05) is 24.3 Å². The third-order valence-electron chi connectivity index (χ3n) is 2.31. The fourth-order valence-electron chi connectivity index (χ4n) is 1.56. The largest absolute Gasteiger partial charge is 0.389 e. The van der Waals surface area contributed by atoms with Gasteiger partial charge in [-0.3, -0.25) is 0 Å². The SMILES string of the molecule is FC(F)(F)CCCn1[c]nc2ccccc21. The molecule has 1 aromatic heterocycles. The molecule has 2 nitrogen and oxygen atoms in total. The summed E-state index contributed by atoms with van der Waals surface area (Å²) in [6.45, 7) is 0.292. The Labute approximate surface area is 90.7 Å². The van der Waals surface area contributed by atoms with Crippen LogP contribution in [0, 0.1) is 6.33 Å². The standard InChI is InChI=1S/C11H10F3N2/c12-11(13,14)6-3-7-16-8-15-9-4-1-2-5-10(9)16/h1-2,4-5H,3,6-7H2. The first-order valence-corrected chi connectivity index (χ1v) is 4.96. The quantitative estimate of drug-likeness (QED) is 0.787. The number of alkyl halides is 3. The van der Waals surface area contributed by atoms with Crippen LogP contribution in [0.4, 0.5) is 13.2 Å². The van der Waals surface area contributed by atoms with Gasteiger partial charge in [-0.2, -0.15) is 13.2 Å². The van der Waals surface area contributed by atoms with Crippen LogP contribution in [0.5, 0.6) is 0 Å². The van der Waals surface area contributed by atoms with Gasteiger partial charge in [-0.25, -0.2) is 4.98 Å². The van der Waals surface area contributed by atoms with Crippen molar-refractivity contribution in [2.24, 2.45) is 0 Å². The second-order valence-corrected chi connectivity index (χ2v) is 3.57. The smallest absolute Gasteiger partial charge is 0.321 e. The Hall–Kier alpha value is -1.52. The first-order chi connectivity index (χ1) is 7.56. The minimum absolute atomic E-state index is 0.0559. The summed E-state index contributed by atoms with van der Waals surface area (Å²) in [6.07, 6.45) is -2.10. The first kappa shape index (κ1) is 11.0. The van der Waals surface area contributed by atoms with E-state index in [0.29, 0.717) is 6.54 Å². The number of benzene rings is 1. The van der Waals surface area contributed by atoms with Crippen molar-refractivity contribution in [2.75, 3.05) is 0 Å². The molecule has 2 rings (SSSR count). The van der Waals surface area contributed by atoms with Crippen LogP contribution in [-0.4, -0.2) is 15.7 Å². The van der Waals surface area contributed by atoms with Gasteiger partial charge in [0.1, 0.15) is 0 Å². The van der Waals surface area contributed by atoms with Crippen LogP contribution in [0.2, 0.25) is 0 Å². The van der Waals surface area contributed by atoms with Crippen LogP contribution in [0.3, 0.4) is 0 Å². The summed E-state index contributed by atoms with van der Waals surface area (Å²) < 4.78 is 37.5. The Morgan fingerprint density at radius 3 is 2.75 bits per heavy atom. The molecule has 0 spiro atoms. The Morgan fingerprint density at radius 1 is 1.25 bits per heavy atom. The highest BCUT2D eigenvalue weighted by molar-refractivity contribution is 5.74. The lowest BCUT2D eigenvalue weighted by atomic mass is 10.3. The van der Waals surface area contributed by atoms with Crippen molar-refractivity contribution >= 4 is 11.0 Å². The predicted octanol–water partition coefficient (Wildman–Crippen LogP) is 3.18. The highest BCUT2D eigenvalue weighted by Crippen LogP contribution is 2.22. The van der Waals surface area contributed by atoms with Gasteiger partial charge in [-0.1, -0.05) is 12.1 Å². The normalized spacial score (nSPS) is 12.2. The maximum Gasteiger partial charge on any atom is 0.389 e. The summed E-state index contributed by atoms with van der Waals surface area (Å²) in [4.78, 5) is 3.99. The number of rotatable bonds is 3. The van der Waals surface area contributed by atoms with Crippen molar-refractivity contribution in [3.63, 3.8) is 0 Å². The van der Waals surface area contributed by atoms with Crippen LogP contribution < -0.4 is 0 Å². The number of imidazole rings is 1. The van der Waals surface area contributed by atoms with E-state index in [9.17, 15) is 13.2 Å². The highest BCUT2D eigenvalue weighted by atomic mass is 19.4. The van der Waals surface area contributed by atoms with Crippen LogP contribution in [0.15, 0.2) is 24.3 Å². The van der Waals surface area contributed by atoms with Crippen molar-refractivity contribution in [1.29, 1.82) is 0 Å². The molecule has 5 heteroatoms. The van der Waals surface area contributed by atoms with E-state index in [0.717, 1.165) is 11.0 Å². The van der Waals surface area contributed by atoms with E-state index < -0.39 is 12.6 Å². The number of aromatic nitrogens is 2. The molecule has 0 bridgehead atoms. The molecule has 1 radical (unpaired) electrons. The number of hydrogen-bond acceptors (Lipinski definition) is 1. The molecule has 2 aromatic rings. The average molecular weight is 227 g/mol. The summed E-state index contributed by atoms with van der Waals surface area (Å²) in [5.41, 5.74) is 1.58. The number of aryl methyl sites for hydroxylation is 1. The van der Waals surface area contributed by atoms with Gasteiger partial charge in [0.05, 0.1) is 11.0 Å². The maximum absolute atomic E-state index is 12.0. The Bertz CT molecular complexity index is 473. The number of hydrogen-bond donors (Lipinski definition) is 0. The second kappa shape index (κ2) is 4.15. The molecule has 0 fully saturated rings. The molecule has 0 saturated heterocycles. The minimum atomic E-state index is -4.09. The molecular formula is C11H10F3N2. The molecule has 1 aromatic carbocycles. The van der Waals surface area contributed by atoms with E-state index in [1.165, 1.54) is 0 Å². The third-order valence-corrected chi connectivity index (χ3v) is 2.31. The average Bonchev–Trinajstić information content (AvgIpc) is 2.60. The van der Waals surface area contributed by atoms with Gasteiger partial charge in [0.15, 0.2) is 6.33 Å². The number of halogens is 3. The molecule has 1 heterocycles. The summed E-state index contributed by atoms with van der Waals surface area (Å²) in [6, 6.07) is 7.31. The summed E-state index contributed by atoms with van der Waals surface area (Å²) in [5.74, 6) is 0. The van der Waals surface area contributed by atoms with E-state index in [2.05, 4.69) is 11.3 Å². The van der Waals surface area contributed by atoms with Crippen molar-refractivity contribution in [1.82, 2.24) is 9.55 Å². The van der Waals surface area contributed by atoms with E-state index in [-0.39, 0.29) is 6.42 Å². The molecule has 16 heavy (non-hydrogen) atoms. The maximum atomic E-state index is 12.0. The molecule has 0 aliphatic heterocycles. The predicted molar refractivity (Wildman–Crippen MR) is 53.9 cm³/mol. The Balaban J connectivity index is 2.05. The van der Waals surface area contributed by atoms with E-state index >= 15 is 0 Å². The number of para-hydroxylation sites is 2. The molecule has 0 amide bonds. The van der Waals surface area contributed by atoms with Gasteiger partial charge in [0, 0.05) is 13.0 Å². The zero-order chi connectivity index (χ0) is 11.6. The van der Waals surface area contributed by atoms with Gasteiger partial charge in [-0.15, -0.1) is 0 Å². The minimum Gasteiger partial charge on any atom is -0.321 e. The molecule has 0 aliphatic rings. The molecule has 0 saturated carbocycles. The lowest BCUT2D eigenvalue weighted by Crippen LogP contribution is -2.09. The summed E-state index contributed by atoms with van der Waals surface area (Å²) >= 11 is 0. The molecule has 0 atom stereocenters. The monoisotopic (exact) mass is 227 g/mol. The van der Waals surface area contributed by atoms with Crippen molar-refractivity contribution in [2.45, 2.75) is 25.6 Å². The second-order valence-electron chi connectivity index (χ2n) is 3.57. The van der Waals surface area contributed by atoms with Crippen molar-refractivity contribution < 1.29 is 13.2 Å². The van der Waals surface area contributed by atoms with Gasteiger partial charge < -0.3 is 4.57 Å². The molecule has 85 valence electrons. The fraction of sp³-hybridized carbons (Fsp3) is 0.364. The zero-order valence-electron chi connectivity index (χ0n) is 8.46. The first-order valence-electron chi connectivity index (χ1n) is 4.96. The van der Waals surface area contributed by atoms with Crippen LogP contribution in [-0.2, 0) is 6.54 Å². The van der Waals surface area contributed by atoms with Crippen LogP contribution >= 0.6 is 0 Å². The van der Waals surface area contributed by atoms with Gasteiger partial charge in [-0.05, 0) is 18.6 Å². The molecule has 0 N–H and O–H groups in total. The summed E-state index contributed by atoms with van der Waals surface area (Å²) in [7, 11) is 0. The number of nitrogens with zero attached hydrogens (tertiary/aromatic N) is 2. The van der Waals surface area contributed by atoms with Gasteiger partial charge >= 0.3 is 6.18 Å². The molecule has 0 unspecified atom stereocenters. The Kier molecular flexibility index (Phi) is 2.85. The lowest BCUT2D eigenvalue weighted by molar-refractivity contribution is -0.135. The van der Waals surface area contributed by atoms with Gasteiger partial charge in [0.25, 0.3) is 0 Å². The van der Waals surface area contributed by atoms with Crippen LogP contribution in [0.1, 0.15) is 12.8 Å². The zero-order valence-corrected chi connectivity index (χ0v) is 8.46. The van der Waals surface area contributed by atoms with E-state index in [4.69, 9.17) is 0 Å². The van der Waals surface area contributed by atoms with Crippen LogP contribution in [0.25, 0.3) is 11.0 Å². The number of fused-ring (bicyclic) bond motifs is 1. The molecule has 0 aliphatic carbocycles.